The Morgan fingerprint density at radius 2 is 1.95 bits per heavy atom. The summed E-state index contributed by atoms with van der Waals surface area (Å²) in [6.45, 7) is 4.01. The second-order valence-corrected chi connectivity index (χ2v) is 4.10. The van der Waals surface area contributed by atoms with Crippen molar-refractivity contribution >= 4 is 18.0 Å². The summed E-state index contributed by atoms with van der Waals surface area (Å²) >= 11 is 0. The Morgan fingerprint density at radius 3 is 2.45 bits per heavy atom. The first-order valence-corrected chi connectivity index (χ1v) is 6.51. The molecule has 1 atom stereocenters. The number of aliphatic hydroxyl groups excluding tert-OH is 1. The molecule has 0 unspecified atom stereocenters. The maximum absolute atomic E-state index is 11.8. The number of carbonyl (C=O) groups excluding carboxylic acids is 2. The third-order valence-corrected chi connectivity index (χ3v) is 2.39. The number of carbonyl (C=O) groups is 3. The van der Waals surface area contributed by atoms with E-state index in [1.807, 2.05) is 6.92 Å². The van der Waals surface area contributed by atoms with Crippen molar-refractivity contribution in [2.24, 2.45) is 0 Å². The number of carboxylic acids is 1. The Hall–Kier alpha value is -1.83. The number of amides is 2. The van der Waals surface area contributed by atoms with E-state index in [1.165, 1.54) is 4.90 Å². The number of hydrogen-bond acceptors (Lipinski definition) is 5. The van der Waals surface area contributed by atoms with Crippen LogP contribution in [0.4, 0.5) is 4.79 Å². The van der Waals surface area contributed by atoms with Gasteiger partial charge in [0.25, 0.3) is 0 Å². The molecule has 0 aromatic heterocycles. The molecule has 8 nitrogen and oxygen atoms in total. The number of rotatable bonds is 9. The Balaban J connectivity index is 4.21. The van der Waals surface area contributed by atoms with Gasteiger partial charge in [0.05, 0.1) is 6.61 Å². The van der Waals surface area contributed by atoms with Crippen LogP contribution >= 0.6 is 0 Å². The highest BCUT2D eigenvalue weighted by atomic mass is 16.5. The molecule has 2 amide bonds. The van der Waals surface area contributed by atoms with Gasteiger partial charge >= 0.3 is 18.0 Å². The highest BCUT2D eigenvalue weighted by Gasteiger charge is 2.18. The summed E-state index contributed by atoms with van der Waals surface area (Å²) in [5, 5.41) is 20.0. The van der Waals surface area contributed by atoms with Gasteiger partial charge in [-0.25, -0.2) is 9.59 Å². The van der Waals surface area contributed by atoms with Crippen molar-refractivity contribution in [2.75, 3.05) is 26.2 Å². The van der Waals surface area contributed by atoms with Crippen LogP contribution in [0.15, 0.2) is 0 Å². The van der Waals surface area contributed by atoms with Gasteiger partial charge in [-0.1, -0.05) is 6.92 Å². The number of carboxylic acid groups (broad SMARTS) is 1. The Kier molecular flexibility index (Phi) is 9.10. The monoisotopic (exact) mass is 290 g/mol. The van der Waals surface area contributed by atoms with Gasteiger partial charge in [-0.05, 0) is 13.3 Å². The predicted octanol–water partition coefficient (Wildman–Crippen LogP) is -0.193. The molecule has 0 radical (unpaired) electrons. The van der Waals surface area contributed by atoms with Gasteiger partial charge in [0, 0.05) is 19.5 Å². The van der Waals surface area contributed by atoms with Gasteiger partial charge in [0.15, 0.2) is 6.10 Å². The van der Waals surface area contributed by atoms with E-state index >= 15 is 0 Å². The number of ether oxygens (including phenoxy) is 1. The summed E-state index contributed by atoms with van der Waals surface area (Å²) in [5.41, 5.74) is 0. The summed E-state index contributed by atoms with van der Waals surface area (Å²) in [4.78, 5) is 34.8. The summed E-state index contributed by atoms with van der Waals surface area (Å²) in [5.74, 6) is -1.84. The number of urea groups is 1. The lowest BCUT2D eigenvalue weighted by molar-refractivity contribution is -0.146. The maximum atomic E-state index is 11.8. The minimum Gasteiger partial charge on any atom is -0.479 e. The van der Waals surface area contributed by atoms with Crippen molar-refractivity contribution < 1.29 is 29.3 Å². The number of nitrogens with one attached hydrogen (secondary N) is 1. The van der Waals surface area contributed by atoms with Crippen LogP contribution in [0.5, 0.6) is 0 Å². The van der Waals surface area contributed by atoms with Crippen molar-refractivity contribution in [2.45, 2.75) is 32.8 Å². The van der Waals surface area contributed by atoms with E-state index < -0.39 is 24.1 Å². The second-order valence-electron chi connectivity index (χ2n) is 4.10. The number of aliphatic hydroxyl groups is 1. The topological polar surface area (TPSA) is 116 Å². The fourth-order valence-corrected chi connectivity index (χ4v) is 1.44. The van der Waals surface area contributed by atoms with Crippen LogP contribution in [0.1, 0.15) is 26.7 Å². The molecule has 8 heteroatoms. The van der Waals surface area contributed by atoms with Crippen molar-refractivity contribution in [1.29, 1.82) is 0 Å². The average Bonchev–Trinajstić information content (AvgIpc) is 2.38. The zero-order valence-corrected chi connectivity index (χ0v) is 11.8. The highest BCUT2D eigenvalue weighted by molar-refractivity contribution is 5.81. The lowest BCUT2D eigenvalue weighted by atomic mass is 10.2. The van der Waals surface area contributed by atoms with Crippen LogP contribution in [-0.4, -0.2) is 65.4 Å². The molecule has 0 fully saturated rings. The Morgan fingerprint density at radius 1 is 1.30 bits per heavy atom. The van der Waals surface area contributed by atoms with Gasteiger partial charge in [-0.15, -0.1) is 0 Å². The molecule has 0 heterocycles. The largest absolute Gasteiger partial charge is 0.479 e. The third-order valence-electron chi connectivity index (χ3n) is 2.39. The predicted molar refractivity (Wildman–Crippen MR) is 70.2 cm³/mol. The normalized spacial score (nSPS) is 11.6. The van der Waals surface area contributed by atoms with E-state index in [9.17, 15) is 14.4 Å². The lowest BCUT2D eigenvalue weighted by Crippen LogP contribution is -2.44. The van der Waals surface area contributed by atoms with E-state index in [-0.39, 0.29) is 26.1 Å². The van der Waals surface area contributed by atoms with Gasteiger partial charge in [0.2, 0.25) is 0 Å². The SMILES string of the molecule is CCCN(CC(=O)OCC)C(=O)NCC[C@H](O)C(=O)O. The number of aliphatic carboxylic acids is 1. The highest BCUT2D eigenvalue weighted by Crippen LogP contribution is 1.96. The molecular weight excluding hydrogens is 268 g/mol. The molecule has 0 aliphatic rings. The molecule has 0 bridgehead atoms. The van der Waals surface area contributed by atoms with Crippen LogP contribution in [0.3, 0.4) is 0 Å². The quantitative estimate of drug-likeness (QED) is 0.507. The van der Waals surface area contributed by atoms with Crippen molar-refractivity contribution in [3.63, 3.8) is 0 Å². The first-order chi connectivity index (χ1) is 9.42. The maximum Gasteiger partial charge on any atom is 0.332 e. The van der Waals surface area contributed by atoms with Crippen molar-refractivity contribution in [3.05, 3.63) is 0 Å². The summed E-state index contributed by atoms with van der Waals surface area (Å²) < 4.78 is 4.76. The van der Waals surface area contributed by atoms with Crippen LogP contribution in [-0.2, 0) is 14.3 Å². The van der Waals surface area contributed by atoms with Crippen molar-refractivity contribution in [1.82, 2.24) is 10.2 Å². The van der Waals surface area contributed by atoms with E-state index in [2.05, 4.69) is 5.32 Å². The minimum atomic E-state index is -1.51. The third kappa shape index (κ3) is 7.57. The zero-order valence-electron chi connectivity index (χ0n) is 11.8. The summed E-state index contributed by atoms with van der Waals surface area (Å²) in [6, 6.07) is -0.488. The van der Waals surface area contributed by atoms with E-state index in [4.69, 9.17) is 14.9 Å². The molecule has 3 N–H and O–H groups in total. The molecule has 0 aliphatic carbocycles. The fraction of sp³-hybridized carbons (Fsp3) is 0.750. The van der Waals surface area contributed by atoms with Crippen LogP contribution < -0.4 is 5.32 Å². The summed E-state index contributed by atoms with van der Waals surface area (Å²) in [7, 11) is 0. The van der Waals surface area contributed by atoms with E-state index in [1.54, 1.807) is 6.92 Å². The van der Waals surface area contributed by atoms with Gasteiger partial charge < -0.3 is 25.2 Å². The molecule has 0 aromatic rings. The standard InChI is InChI=1S/C12H22N2O6/c1-3-7-14(8-10(16)20-4-2)12(19)13-6-5-9(15)11(17)18/h9,15H,3-8H2,1-2H3,(H,13,19)(H,17,18)/t9-/m0/s1. The number of nitrogens with zero attached hydrogens (tertiary/aromatic N) is 1. The number of hydrogen-bond donors (Lipinski definition) is 3. The van der Waals surface area contributed by atoms with Gasteiger partial charge in [-0.2, -0.15) is 0 Å². The van der Waals surface area contributed by atoms with E-state index in [0.29, 0.717) is 13.0 Å². The molecule has 20 heavy (non-hydrogen) atoms. The molecular formula is C12H22N2O6. The van der Waals surface area contributed by atoms with Gasteiger partial charge in [0.1, 0.15) is 6.54 Å². The molecule has 0 saturated carbocycles. The smallest absolute Gasteiger partial charge is 0.332 e. The van der Waals surface area contributed by atoms with Gasteiger partial charge in [-0.3, -0.25) is 4.79 Å². The van der Waals surface area contributed by atoms with Crippen LogP contribution in [0, 0.1) is 0 Å². The first-order valence-electron chi connectivity index (χ1n) is 6.51. The molecule has 0 aromatic carbocycles. The fourth-order valence-electron chi connectivity index (χ4n) is 1.44. The summed E-state index contributed by atoms with van der Waals surface area (Å²) in [6.07, 6.45) is -0.939. The molecule has 0 spiro atoms. The molecule has 116 valence electrons. The van der Waals surface area contributed by atoms with Crippen LogP contribution in [0.2, 0.25) is 0 Å². The minimum absolute atomic E-state index is 0.00927. The number of esters is 1. The second kappa shape index (κ2) is 10.0. The Bertz CT molecular complexity index is 334. The van der Waals surface area contributed by atoms with Crippen molar-refractivity contribution in [3.8, 4) is 0 Å². The average molecular weight is 290 g/mol. The lowest BCUT2D eigenvalue weighted by Gasteiger charge is -2.21. The van der Waals surface area contributed by atoms with E-state index in [0.717, 1.165) is 0 Å². The van der Waals surface area contributed by atoms with Crippen LogP contribution in [0.25, 0.3) is 0 Å². The Labute approximate surface area is 117 Å². The molecule has 0 saturated heterocycles. The first kappa shape index (κ1) is 18.2. The zero-order chi connectivity index (χ0) is 15.5. The molecule has 0 rings (SSSR count). The molecule has 0 aliphatic heterocycles.